The molecule has 0 atom stereocenters. The van der Waals surface area contributed by atoms with E-state index >= 15 is 0 Å². The van der Waals surface area contributed by atoms with Crippen molar-refractivity contribution < 1.29 is 4.42 Å². The zero-order valence-corrected chi connectivity index (χ0v) is 13.0. The summed E-state index contributed by atoms with van der Waals surface area (Å²) in [5.41, 5.74) is 2.47. The standard InChI is InChI=1S/C16H23N3O/c1-12-6-8-13(9-7-12)10-19(5)11-14-17-18-15(20-14)16(2,3)4/h6-9H,10-11H2,1-5H3. The highest BCUT2D eigenvalue weighted by molar-refractivity contribution is 5.21. The van der Waals surface area contributed by atoms with E-state index in [9.17, 15) is 0 Å². The molecule has 20 heavy (non-hydrogen) atoms. The number of hydrogen-bond donors (Lipinski definition) is 0. The van der Waals surface area contributed by atoms with Crippen LogP contribution in [0.25, 0.3) is 0 Å². The average Bonchev–Trinajstić information content (AvgIpc) is 2.80. The second kappa shape index (κ2) is 5.75. The topological polar surface area (TPSA) is 42.2 Å². The highest BCUT2D eigenvalue weighted by Gasteiger charge is 2.21. The van der Waals surface area contributed by atoms with E-state index in [2.05, 4.69) is 74.1 Å². The summed E-state index contributed by atoms with van der Waals surface area (Å²) in [6, 6.07) is 8.57. The molecule has 2 rings (SSSR count). The van der Waals surface area contributed by atoms with Gasteiger partial charge in [0.1, 0.15) is 0 Å². The Kier molecular flexibility index (Phi) is 4.23. The first-order valence-electron chi connectivity index (χ1n) is 6.91. The van der Waals surface area contributed by atoms with Gasteiger partial charge in [-0.25, -0.2) is 0 Å². The minimum Gasteiger partial charge on any atom is -0.423 e. The molecule has 4 nitrogen and oxygen atoms in total. The molecular weight excluding hydrogens is 250 g/mol. The first kappa shape index (κ1) is 14.7. The lowest BCUT2D eigenvalue weighted by Crippen LogP contribution is -2.17. The molecule has 1 heterocycles. The Morgan fingerprint density at radius 1 is 1.05 bits per heavy atom. The van der Waals surface area contributed by atoms with Crippen molar-refractivity contribution in [1.29, 1.82) is 0 Å². The van der Waals surface area contributed by atoms with E-state index in [0.29, 0.717) is 18.3 Å². The molecule has 1 aromatic carbocycles. The Morgan fingerprint density at radius 3 is 2.25 bits per heavy atom. The summed E-state index contributed by atoms with van der Waals surface area (Å²) in [5, 5.41) is 8.24. The normalized spacial score (nSPS) is 12.1. The van der Waals surface area contributed by atoms with Crippen molar-refractivity contribution >= 4 is 0 Å². The predicted molar refractivity (Wildman–Crippen MR) is 79.3 cm³/mol. The zero-order chi connectivity index (χ0) is 14.8. The van der Waals surface area contributed by atoms with Crippen LogP contribution in [0.3, 0.4) is 0 Å². The molecule has 0 unspecified atom stereocenters. The molecule has 0 aliphatic rings. The summed E-state index contributed by atoms with van der Waals surface area (Å²) in [5.74, 6) is 1.36. The Bertz CT molecular complexity index is 552. The van der Waals surface area contributed by atoms with Gasteiger partial charge in [-0.05, 0) is 19.5 Å². The second-order valence-electron chi connectivity index (χ2n) is 6.41. The molecule has 108 valence electrons. The molecule has 0 amide bonds. The fraction of sp³-hybridized carbons (Fsp3) is 0.500. The van der Waals surface area contributed by atoms with Crippen molar-refractivity contribution in [2.24, 2.45) is 0 Å². The van der Waals surface area contributed by atoms with Gasteiger partial charge in [-0.2, -0.15) is 0 Å². The van der Waals surface area contributed by atoms with Crippen LogP contribution in [0.2, 0.25) is 0 Å². The molecular formula is C16H23N3O. The average molecular weight is 273 g/mol. The molecule has 0 aliphatic carbocycles. The molecule has 0 bridgehead atoms. The van der Waals surface area contributed by atoms with Gasteiger partial charge in [0, 0.05) is 12.0 Å². The van der Waals surface area contributed by atoms with Gasteiger partial charge in [-0.3, -0.25) is 4.90 Å². The van der Waals surface area contributed by atoms with Crippen molar-refractivity contribution in [2.45, 2.75) is 46.2 Å². The van der Waals surface area contributed by atoms with Gasteiger partial charge in [-0.1, -0.05) is 50.6 Å². The predicted octanol–water partition coefficient (Wildman–Crippen LogP) is 3.31. The van der Waals surface area contributed by atoms with Crippen molar-refractivity contribution in [1.82, 2.24) is 15.1 Å². The maximum atomic E-state index is 5.71. The van der Waals surface area contributed by atoms with Crippen LogP contribution in [-0.4, -0.2) is 22.1 Å². The molecule has 0 aliphatic heterocycles. The van der Waals surface area contributed by atoms with Crippen molar-refractivity contribution in [2.75, 3.05) is 7.05 Å². The summed E-state index contributed by atoms with van der Waals surface area (Å²) in [6.45, 7) is 9.84. The van der Waals surface area contributed by atoms with Gasteiger partial charge in [-0.15, -0.1) is 10.2 Å². The third kappa shape index (κ3) is 3.90. The largest absolute Gasteiger partial charge is 0.423 e. The Hall–Kier alpha value is -1.68. The van der Waals surface area contributed by atoms with Crippen LogP contribution in [-0.2, 0) is 18.5 Å². The van der Waals surface area contributed by atoms with Gasteiger partial charge in [0.2, 0.25) is 11.8 Å². The summed E-state index contributed by atoms with van der Waals surface area (Å²) in [6.07, 6.45) is 0. The number of hydrogen-bond acceptors (Lipinski definition) is 4. The van der Waals surface area contributed by atoms with Crippen LogP contribution >= 0.6 is 0 Å². The van der Waals surface area contributed by atoms with E-state index in [0.717, 1.165) is 6.54 Å². The molecule has 2 aromatic rings. The number of aryl methyl sites for hydroxylation is 1. The summed E-state index contributed by atoms with van der Waals surface area (Å²) < 4.78 is 5.71. The first-order valence-corrected chi connectivity index (χ1v) is 6.91. The van der Waals surface area contributed by atoms with Crippen LogP contribution < -0.4 is 0 Å². The maximum Gasteiger partial charge on any atom is 0.230 e. The van der Waals surface area contributed by atoms with Gasteiger partial charge >= 0.3 is 0 Å². The van der Waals surface area contributed by atoms with E-state index < -0.39 is 0 Å². The monoisotopic (exact) mass is 273 g/mol. The number of rotatable bonds is 4. The van der Waals surface area contributed by atoms with Gasteiger partial charge in [0.05, 0.1) is 6.54 Å². The Labute approximate surface area is 120 Å². The summed E-state index contributed by atoms with van der Waals surface area (Å²) >= 11 is 0. The Balaban J connectivity index is 1.96. The summed E-state index contributed by atoms with van der Waals surface area (Å²) in [4.78, 5) is 2.17. The summed E-state index contributed by atoms with van der Waals surface area (Å²) in [7, 11) is 2.06. The zero-order valence-electron chi connectivity index (χ0n) is 13.0. The fourth-order valence-electron chi connectivity index (χ4n) is 1.91. The number of nitrogens with zero attached hydrogens (tertiary/aromatic N) is 3. The fourth-order valence-corrected chi connectivity index (χ4v) is 1.91. The minimum atomic E-state index is -0.0965. The van der Waals surface area contributed by atoms with Crippen LogP contribution in [0.15, 0.2) is 28.7 Å². The van der Waals surface area contributed by atoms with E-state index in [4.69, 9.17) is 4.42 Å². The van der Waals surface area contributed by atoms with Crippen LogP contribution in [0.1, 0.15) is 43.7 Å². The molecule has 4 heteroatoms. The third-order valence-electron chi connectivity index (χ3n) is 3.09. The Morgan fingerprint density at radius 2 is 1.70 bits per heavy atom. The van der Waals surface area contributed by atoms with Crippen LogP contribution in [0.5, 0.6) is 0 Å². The maximum absolute atomic E-state index is 5.71. The van der Waals surface area contributed by atoms with Crippen LogP contribution in [0.4, 0.5) is 0 Å². The second-order valence-corrected chi connectivity index (χ2v) is 6.41. The lowest BCUT2D eigenvalue weighted by molar-refractivity contribution is 0.269. The highest BCUT2D eigenvalue weighted by atomic mass is 16.4. The molecule has 0 saturated heterocycles. The van der Waals surface area contributed by atoms with Gasteiger partial charge in [0.15, 0.2) is 0 Å². The molecule has 0 saturated carbocycles. The number of aromatic nitrogens is 2. The van der Waals surface area contributed by atoms with Crippen LogP contribution in [0, 0.1) is 6.92 Å². The minimum absolute atomic E-state index is 0.0965. The van der Waals surface area contributed by atoms with Crippen molar-refractivity contribution in [3.63, 3.8) is 0 Å². The van der Waals surface area contributed by atoms with Crippen molar-refractivity contribution in [3.8, 4) is 0 Å². The molecule has 0 fully saturated rings. The van der Waals surface area contributed by atoms with Gasteiger partial charge < -0.3 is 4.42 Å². The first-order chi connectivity index (χ1) is 9.34. The molecule has 1 aromatic heterocycles. The molecule has 0 spiro atoms. The highest BCUT2D eigenvalue weighted by Crippen LogP contribution is 2.20. The quantitative estimate of drug-likeness (QED) is 0.857. The smallest absolute Gasteiger partial charge is 0.230 e. The van der Waals surface area contributed by atoms with E-state index in [1.54, 1.807) is 0 Å². The van der Waals surface area contributed by atoms with E-state index in [-0.39, 0.29) is 5.41 Å². The van der Waals surface area contributed by atoms with Crippen molar-refractivity contribution in [3.05, 3.63) is 47.2 Å². The SMILES string of the molecule is Cc1ccc(CN(C)Cc2nnc(C(C)(C)C)o2)cc1. The lowest BCUT2D eigenvalue weighted by Gasteiger charge is -2.15. The third-order valence-corrected chi connectivity index (χ3v) is 3.09. The van der Waals surface area contributed by atoms with E-state index in [1.165, 1.54) is 11.1 Å². The molecule has 0 radical (unpaired) electrons. The van der Waals surface area contributed by atoms with Gasteiger partial charge in [0.25, 0.3) is 0 Å². The number of benzene rings is 1. The molecule has 0 N–H and O–H groups in total. The lowest BCUT2D eigenvalue weighted by atomic mass is 9.97. The van der Waals surface area contributed by atoms with E-state index in [1.807, 2.05) is 0 Å².